The first-order chi connectivity index (χ1) is 16.1. The lowest BCUT2D eigenvalue weighted by atomic mass is 10.1. The molecule has 0 radical (unpaired) electrons. The SMILES string of the molecule is CC[C@H](C(=O)NC)N(Cc1ccc(Cl)cc1)C(=O)CCCN(c1cccc(OC)c1)S(C)(=O)=O. The van der Waals surface area contributed by atoms with Gasteiger partial charge in [0.05, 0.1) is 19.1 Å². The zero-order chi connectivity index (χ0) is 25.3. The molecule has 0 aliphatic carbocycles. The van der Waals surface area contributed by atoms with Gasteiger partial charge in [0, 0.05) is 37.6 Å². The number of sulfonamides is 1. The fourth-order valence-corrected chi connectivity index (χ4v) is 4.73. The summed E-state index contributed by atoms with van der Waals surface area (Å²) >= 11 is 5.97. The van der Waals surface area contributed by atoms with E-state index in [4.69, 9.17) is 16.3 Å². The van der Waals surface area contributed by atoms with E-state index in [2.05, 4.69) is 5.32 Å². The molecule has 0 aromatic heterocycles. The molecule has 1 atom stereocenters. The Hall–Kier alpha value is -2.78. The Morgan fingerprint density at radius 3 is 2.38 bits per heavy atom. The normalized spacial score (nSPS) is 12.0. The molecule has 2 aromatic rings. The first kappa shape index (κ1) is 27.5. The number of hydrogen-bond acceptors (Lipinski definition) is 5. The van der Waals surface area contributed by atoms with Crippen LogP contribution >= 0.6 is 11.6 Å². The van der Waals surface area contributed by atoms with Gasteiger partial charge in [0.2, 0.25) is 21.8 Å². The highest BCUT2D eigenvalue weighted by Gasteiger charge is 2.28. The molecule has 0 heterocycles. The van der Waals surface area contributed by atoms with E-state index in [0.29, 0.717) is 22.9 Å². The van der Waals surface area contributed by atoms with Crippen LogP contribution in [0.2, 0.25) is 5.02 Å². The van der Waals surface area contributed by atoms with E-state index >= 15 is 0 Å². The number of amides is 2. The standard InChI is InChI=1S/C24H32ClN3O5S/c1-5-22(24(30)26-2)27(17-18-11-13-19(25)14-12-18)23(29)10-7-15-28(34(4,31)32)20-8-6-9-21(16-20)33-3/h6,8-9,11-14,16,22H,5,7,10,15,17H2,1-4H3,(H,26,30)/t22-/m1/s1. The van der Waals surface area contributed by atoms with Gasteiger partial charge in [-0.05, 0) is 42.7 Å². The van der Waals surface area contributed by atoms with Crippen LogP contribution in [0, 0.1) is 0 Å². The highest BCUT2D eigenvalue weighted by molar-refractivity contribution is 7.92. The van der Waals surface area contributed by atoms with Crippen molar-refractivity contribution in [1.29, 1.82) is 0 Å². The van der Waals surface area contributed by atoms with E-state index < -0.39 is 16.1 Å². The monoisotopic (exact) mass is 509 g/mol. The molecule has 0 saturated carbocycles. The van der Waals surface area contributed by atoms with Crippen LogP contribution in [-0.2, 0) is 26.2 Å². The maximum atomic E-state index is 13.2. The molecule has 0 unspecified atom stereocenters. The van der Waals surface area contributed by atoms with Gasteiger partial charge in [-0.25, -0.2) is 8.42 Å². The van der Waals surface area contributed by atoms with E-state index in [1.165, 1.54) is 18.5 Å². The number of nitrogens with one attached hydrogen (secondary N) is 1. The lowest BCUT2D eigenvalue weighted by Crippen LogP contribution is -2.48. The average molecular weight is 510 g/mol. The summed E-state index contributed by atoms with van der Waals surface area (Å²) in [4.78, 5) is 27.2. The number of ether oxygens (including phenoxy) is 1. The van der Waals surface area contributed by atoms with Crippen LogP contribution in [0.4, 0.5) is 5.69 Å². The van der Waals surface area contributed by atoms with Crippen LogP contribution in [0.5, 0.6) is 5.75 Å². The van der Waals surface area contributed by atoms with Crippen molar-refractivity contribution in [2.24, 2.45) is 0 Å². The molecule has 0 aliphatic heterocycles. The van der Waals surface area contributed by atoms with Gasteiger partial charge >= 0.3 is 0 Å². The van der Waals surface area contributed by atoms with Crippen LogP contribution in [0.3, 0.4) is 0 Å². The summed E-state index contributed by atoms with van der Waals surface area (Å²) in [5, 5.41) is 3.20. The number of halogens is 1. The van der Waals surface area contributed by atoms with E-state index in [-0.39, 0.29) is 37.7 Å². The Morgan fingerprint density at radius 2 is 1.82 bits per heavy atom. The zero-order valence-corrected chi connectivity index (χ0v) is 21.5. The largest absolute Gasteiger partial charge is 0.497 e. The van der Waals surface area contributed by atoms with Crippen LogP contribution < -0.4 is 14.4 Å². The third-order valence-electron chi connectivity index (χ3n) is 5.39. The van der Waals surface area contributed by atoms with Crippen LogP contribution in [0.1, 0.15) is 31.7 Å². The molecule has 0 spiro atoms. The third-order valence-corrected chi connectivity index (χ3v) is 6.84. The Balaban J connectivity index is 2.19. The average Bonchev–Trinajstić information content (AvgIpc) is 2.81. The summed E-state index contributed by atoms with van der Waals surface area (Å²) in [5.41, 5.74) is 1.30. The summed E-state index contributed by atoms with van der Waals surface area (Å²) < 4.78 is 31.3. The van der Waals surface area contributed by atoms with E-state index in [0.717, 1.165) is 11.8 Å². The fraction of sp³-hybridized carbons (Fsp3) is 0.417. The number of rotatable bonds is 12. The molecule has 0 bridgehead atoms. The molecule has 0 fully saturated rings. The minimum absolute atomic E-state index is 0.0804. The predicted octanol–water partition coefficient (Wildman–Crippen LogP) is 3.45. The molecular weight excluding hydrogens is 478 g/mol. The second-order valence-electron chi connectivity index (χ2n) is 7.83. The first-order valence-corrected chi connectivity index (χ1v) is 13.2. The second kappa shape index (κ2) is 12.6. The molecule has 34 heavy (non-hydrogen) atoms. The van der Waals surface area contributed by atoms with Crippen molar-refractivity contribution in [3.8, 4) is 5.75 Å². The lowest BCUT2D eigenvalue weighted by molar-refractivity contribution is -0.141. The third kappa shape index (κ3) is 7.63. The highest BCUT2D eigenvalue weighted by Crippen LogP contribution is 2.24. The van der Waals surface area contributed by atoms with Crippen molar-refractivity contribution < 1.29 is 22.7 Å². The highest BCUT2D eigenvalue weighted by atomic mass is 35.5. The molecule has 186 valence electrons. The van der Waals surface area contributed by atoms with Gasteiger partial charge in [0.1, 0.15) is 11.8 Å². The van der Waals surface area contributed by atoms with Crippen LogP contribution in [0.25, 0.3) is 0 Å². The summed E-state index contributed by atoms with van der Waals surface area (Å²) in [6.07, 6.45) is 1.93. The molecule has 1 N–H and O–H groups in total. The number of anilines is 1. The summed E-state index contributed by atoms with van der Waals surface area (Å²) in [6.45, 7) is 2.20. The summed E-state index contributed by atoms with van der Waals surface area (Å²) in [5.74, 6) is 0.0520. The lowest BCUT2D eigenvalue weighted by Gasteiger charge is -2.30. The van der Waals surface area contributed by atoms with Gasteiger partial charge in [-0.3, -0.25) is 13.9 Å². The van der Waals surface area contributed by atoms with Gasteiger partial charge in [0.25, 0.3) is 0 Å². The van der Waals surface area contributed by atoms with E-state index in [1.54, 1.807) is 41.3 Å². The van der Waals surface area contributed by atoms with Crippen molar-refractivity contribution in [3.63, 3.8) is 0 Å². The van der Waals surface area contributed by atoms with Gasteiger partial charge in [-0.2, -0.15) is 0 Å². The van der Waals surface area contributed by atoms with E-state index in [9.17, 15) is 18.0 Å². The Morgan fingerprint density at radius 1 is 1.15 bits per heavy atom. The molecule has 8 nitrogen and oxygen atoms in total. The zero-order valence-electron chi connectivity index (χ0n) is 20.0. The first-order valence-electron chi connectivity index (χ1n) is 11.0. The van der Waals surface area contributed by atoms with Gasteiger partial charge in [-0.15, -0.1) is 0 Å². The fourth-order valence-electron chi connectivity index (χ4n) is 3.64. The summed E-state index contributed by atoms with van der Waals surface area (Å²) in [7, 11) is -0.532. The molecule has 2 aromatic carbocycles. The number of benzene rings is 2. The Labute approximate surface area is 206 Å². The van der Waals surface area contributed by atoms with E-state index in [1.807, 2.05) is 19.1 Å². The minimum atomic E-state index is -3.58. The maximum absolute atomic E-state index is 13.2. The maximum Gasteiger partial charge on any atom is 0.242 e. The number of nitrogens with zero attached hydrogens (tertiary/aromatic N) is 2. The second-order valence-corrected chi connectivity index (χ2v) is 10.2. The van der Waals surface area contributed by atoms with Gasteiger partial charge < -0.3 is 15.0 Å². The summed E-state index contributed by atoms with van der Waals surface area (Å²) in [6, 6.07) is 13.2. The van der Waals surface area contributed by atoms with Crippen molar-refractivity contribution in [2.75, 3.05) is 31.3 Å². The Kier molecular flexibility index (Phi) is 10.2. The molecule has 10 heteroatoms. The number of carbonyl (C=O) groups excluding carboxylic acids is 2. The van der Waals surface area contributed by atoms with Gasteiger partial charge in [0.15, 0.2) is 0 Å². The van der Waals surface area contributed by atoms with Crippen LogP contribution in [0.15, 0.2) is 48.5 Å². The molecular formula is C24H32ClN3O5S. The van der Waals surface area contributed by atoms with Crippen molar-refractivity contribution in [1.82, 2.24) is 10.2 Å². The van der Waals surface area contributed by atoms with Gasteiger partial charge in [-0.1, -0.05) is 36.7 Å². The molecule has 0 aliphatic rings. The van der Waals surface area contributed by atoms with Crippen molar-refractivity contribution in [2.45, 2.75) is 38.8 Å². The number of hydrogen-bond donors (Lipinski definition) is 1. The van der Waals surface area contributed by atoms with Crippen molar-refractivity contribution in [3.05, 3.63) is 59.1 Å². The minimum Gasteiger partial charge on any atom is -0.497 e. The molecule has 2 rings (SSSR count). The molecule has 2 amide bonds. The predicted molar refractivity (Wildman–Crippen MR) is 135 cm³/mol. The number of carbonyl (C=O) groups is 2. The van der Waals surface area contributed by atoms with Crippen molar-refractivity contribution >= 4 is 39.1 Å². The smallest absolute Gasteiger partial charge is 0.242 e. The quantitative estimate of drug-likeness (QED) is 0.472. The topological polar surface area (TPSA) is 96.0 Å². The number of likely N-dealkylation sites (N-methyl/N-ethyl adjacent to an activating group) is 1. The Bertz CT molecular complexity index is 1080. The van der Waals surface area contributed by atoms with Crippen LogP contribution in [-0.4, -0.2) is 58.1 Å². The molecule has 0 saturated heterocycles. The number of methoxy groups -OCH3 is 1.